The second-order valence-corrected chi connectivity index (χ2v) is 7.17. The number of carbonyl (C=O) groups excluding carboxylic acids is 2. The molecule has 2 amide bonds. The standard InChI is InChI=1S/C20H22BrN3O4S/c1-3-4-11-28-16-8-6-5-7-14(16)19(26)22-20(29)24-23-18(25)13-9-10-17(27-2)15(21)12-13/h5-10,12H,3-4,11H2,1-2H3,(H,23,25)(H2,22,24,26,29). The predicted molar refractivity (Wildman–Crippen MR) is 118 cm³/mol. The number of methoxy groups -OCH3 is 1. The van der Waals surface area contributed by atoms with E-state index in [2.05, 4.69) is 39.0 Å². The van der Waals surface area contributed by atoms with Crippen LogP contribution in [0.5, 0.6) is 11.5 Å². The van der Waals surface area contributed by atoms with E-state index in [-0.39, 0.29) is 5.11 Å². The Morgan fingerprint density at radius 3 is 2.52 bits per heavy atom. The molecule has 0 saturated carbocycles. The lowest BCUT2D eigenvalue weighted by Crippen LogP contribution is -2.48. The van der Waals surface area contributed by atoms with Crippen molar-refractivity contribution >= 4 is 45.1 Å². The van der Waals surface area contributed by atoms with Crippen LogP contribution in [0.25, 0.3) is 0 Å². The van der Waals surface area contributed by atoms with Crippen molar-refractivity contribution in [2.45, 2.75) is 19.8 Å². The van der Waals surface area contributed by atoms with Gasteiger partial charge < -0.3 is 9.47 Å². The van der Waals surface area contributed by atoms with Gasteiger partial charge in [0.15, 0.2) is 5.11 Å². The Hall–Kier alpha value is -2.65. The van der Waals surface area contributed by atoms with Gasteiger partial charge in [0, 0.05) is 5.56 Å². The smallest absolute Gasteiger partial charge is 0.269 e. The van der Waals surface area contributed by atoms with Crippen molar-refractivity contribution in [1.29, 1.82) is 0 Å². The van der Waals surface area contributed by atoms with Crippen molar-refractivity contribution in [3.05, 3.63) is 58.1 Å². The largest absolute Gasteiger partial charge is 0.496 e. The molecule has 3 N–H and O–H groups in total. The van der Waals surface area contributed by atoms with Gasteiger partial charge in [0.1, 0.15) is 11.5 Å². The molecular formula is C20H22BrN3O4S. The monoisotopic (exact) mass is 479 g/mol. The third-order valence-corrected chi connectivity index (χ3v) is 4.64. The van der Waals surface area contributed by atoms with E-state index in [1.54, 1.807) is 42.5 Å². The number of hydrogen-bond acceptors (Lipinski definition) is 5. The summed E-state index contributed by atoms with van der Waals surface area (Å²) >= 11 is 8.41. The van der Waals surface area contributed by atoms with Gasteiger partial charge in [-0.15, -0.1) is 0 Å². The van der Waals surface area contributed by atoms with E-state index in [9.17, 15) is 9.59 Å². The Kier molecular flexibility index (Phi) is 8.88. The topological polar surface area (TPSA) is 88.7 Å². The Morgan fingerprint density at radius 2 is 1.83 bits per heavy atom. The van der Waals surface area contributed by atoms with Crippen LogP contribution < -0.4 is 25.6 Å². The molecule has 0 spiro atoms. The number of carbonyl (C=O) groups is 2. The van der Waals surface area contributed by atoms with Crippen LogP contribution >= 0.6 is 28.1 Å². The van der Waals surface area contributed by atoms with E-state index in [1.807, 2.05) is 0 Å². The van der Waals surface area contributed by atoms with Crippen LogP contribution in [0.1, 0.15) is 40.5 Å². The molecule has 0 radical (unpaired) electrons. The predicted octanol–water partition coefficient (Wildman–Crippen LogP) is 3.59. The van der Waals surface area contributed by atoms with Gasteiger partial charge >= 0.3 is 0 Å². The maximum atomic E-state index is 12.5. The van der Waals surface area contributed by atoms with Gasteiger partial charge in [-0.05, 0) is 64.9 Å². The van der Waals surface area contributed by atoms with Crippen molar-refractivity contribution in [1.82, 2.24) is 16.2 Å². The number of halogens is 1. The van der Waals surface area contributed by atoms with Gasteiger partial charge in [0.05, 0.1) is 23.8 Å². The van der Waals surface area contributed by atoms with Crippen molar-refractivity contribution < 1.29 is 19.1 Å². The maximum absolute atomic E-state index is 12.5. The van der Waals surface area contributed by atoms with Gasteiger partial charge in [0.2, 0.25) is 0 Å². The molecule has 9 heteroatoms. The number of unbranched alkanes of at least 4 members (excludes halogenated alkanes) is 1. The first-order valence-electron chi connectivity index (χ1n) is 8.93. The molecule has 7 nitrogen and oxygen atoms in total. The number of thiocarbonyl (C=S) groups is 1. The Balaban J connectivity index is 1.91. The lowest BCUT2D eigenvalue weighted by molar-refractivity contribution is 0.0933. The van der Waals surface area contributed by atoms with Crippen LogP contribution in [0.15, 0.2) is 46.9 Å². The minimum atomic E-state index is -0.434. The zero-order valence-electron chi connectivity index (χ0n) is 16.1. The lowest BCUT2D eigenvalue weighted by atomic mass is 10.2. The molecular weight excluding hydrogens is 458 g/mol. The summed E-state index contributed by atoms with van der Waals surface area (Å²) in [6.45, 7) is 2.59. The fourth-order valence-electron chi connectivity index (χ4n) is 2.30. The number of benzene rings is 2. The molecule has 0 unspecified atom stereocenters. The first-order valence-corrected chi connectivity index (χ1v) is 10.1. The van der Waals surface area contributed by atoms with Crippen LogP contribution in [-0.4, -0.2) is 30.6 Å². The SMILES string of the molecule is CCCCOc1ccccc1C(=O)NC(=S)NNC(=O)c1ccc(OC)c(Br)c1. The molecule has 0 aliphatic heterocycles. The van der Waals surface area contributed by atoms with E-state index < -0.39 is 11.8 Å². The van der Waals surface area contributed by atoms with Crippen LogP contribution in [0, 0.1) is 0 Å². The molecule has 0 heterocycles. The summed E-state index contributed by atoms with van der Waals surface area (Å²) < 4.78 is 11.4. The average molecular weight is 480 g/mol. The number of amides is 2. The van der Waals surface area contributed by atoms with Gasteiger partial charge in [-0.2, -0.15) is 0 Å². The van der Waals surface area contributed by atoms with Crippen molar-refractivity contribution in [2.75, 3.05) is 13.7 Å². The highest BCUT2D eigenvalue weighted by Crippen LogP contribution is 2.25. The summed E-state index contributed by atoms with van der Waals surface area (Å²) in [5, 5.41) is 2.48. The number of hydrogen-bond donors (Lipinski definition) is 3. The molecule has 2 aromatic rings. The van der Waals surface area contributed by atoms with Gasteiger partial charge in [-0.25, -0.2) is 0 Å². The number of hydrazine groups is 1. The third kappa shape index (κ3) is 6.72. The van der Waals surface area contributed by atoms with Crippen molar-refractivity contribution in [2.24, 2.45) is 0 Å². The summed E-state index contributed by atoms with van der Waals surface area (Å²) in [4.78, 5) is 24.7. The molecule has 0 aliphatic carbocycles. The Morgan fingerprint density at radius 1 is 1.07 bits per heavy atom. The normalized spacial score (nSPS) is 10.0. The minimum Gasteiger partial charge on any atom is -0.496 e. The second-order valence-electron chi connectivity index (χ2n) is 5.91. The first-order chi connectivity index (χ1) is 14.0. The number of para-hydroxylation sites is 1. The fourth-order valence-corrected chi connectivity index (χ4v) is 2.99. The molecule has 0 aromatic heterocycles. The fraction of sp³-hybridized carbons (Fsp3) is 0.250. The average Bonchev–Trinajstić information content (AvgIpc) is 2.72. The molecule has 0 aliphatic rings. The van der Waals surface area contributed by atoms with E-state index in [0.29, 0.717) is 33.7 Å². The van der Waals surface area contributed by atoms with Crippen molar-refractivity contribution in [3.8, 4) is 11.5 Å². The van der Waals surface area contributed by atoms with Crippen LogP contribution in [0.2, 0.25) is 0 Å². The zero-order chi connectivity index (χ0) is 21.2. The van der Waals surface area contributed by atoms with Crippen LogP contribution in [0.4, 0.5) is 0 Å². The van der Waals surface area contributed by atoms with E-state index in [4.69, 9.17) is 21.7 Å². The summed E-state index contributed by atoms with van der Waals surface area (Å²) in [5.41, 5.74) is 5.70. The Bertz CT molecular complexity index is 892. The van der Waals surface area contributed by atoms with E-state index >= 15 is 0 Å². The van der Waals surface area contributed by atoms with Crippen molar-refractivity contribution in [3.63, 3.8) is 0 Å². The van der Waals surface area contributed by atoms with E-state index in [1.165, 1.54) is 7.11 Å². The number of ether oxygens (including phenoxy) is 2. The molecule has 29 heavy (non-hydrogen) atoms. The summed E-state index contributed by atoms with van der Waals surface area (Å²) in [7, 11) is 1.54. The first kappa shape index (κ1) is 22.6. The molecule has 0 bridgehead atoms. The molecule has 0 atom stereocenters. The highest BCUT2D eigenvalue weighted by Gasteiger charge is 2.14. The minimum absolute atomic E-state index is 0.0423. The zero-order valence-corrected chi connectivity index (χ0v) is 18.5. The highest BCUT2D eigenvalue weighted by molar-refractivity contribution is 9.10. The van der Waals surface area contributed by atoms with E-state index in [0.717, 1.165) is 12.8 Å². The molecule has 2 rings (SSSR count). The molecule has 0 fully saturated rings. The maximum Gasteiger partial charge on any atom is 0.269 e. The number of nitrogens with one attached hydrogen (secondary N) is 3. The lowest BCUT2D eigenvalue weighted by Gasteiger charge is -2.13. The summed E-state index contributed by atoms with van der Waals surface area (Å²) in [6.07, 6.45) is 1.89. The summed E-state index contributed by atoms with van der Waals surface area (Å²) in [5.74, 6) is 0.231. The quantitative estimate of drug-likeness (QED) is 0.319. The van der Waals surface area contributed by atoms with Gasteiger partial charge in [0.25, 0.3) is 11.8 Å². The third-order valence-electron chi connectivity index (χ3n) is 3.82. The molecule has 0 saturated heterocycles. The molecule has 154 valence electrons. The van der Waals surface area contributed by atoms with Crippen LogP contribution in [0.3, 0.4) is 0 Å². The van der Waals surface area contributed by atoms with Crippen LogP contribution in [-0.2, 0) is 0 Å². The second kappa shape index (κ2) is 11.4. The highest BCUT2D eigenvalue weighted by atomic mass is 79.9. The summed E-state index contributed by atoms with van der Waals surface area (Å²) in [6, 6.07) is 11.8. The molecule has 2 aromatic carbocycles. The van der Waals surface area contributed by atoms with Gasteiger partial charge in [-0.1, -0.05) is 25.5 Å². The van der Waals surface area contributed by atoms with Gasteiger partial charge in [-0.3, -0.25) is 25.8 Å². The number of rotatable bonds is 7. The Labute approximate surface area is 183 Å².